The van der Waals surface area contributed by atoms with Crippen LogP contribution in [-0.4, -0.2) is 9.55 Å². The summed E-state index contributed by atoms with van der Waals surface area (Å²) in [6.07, 6.45) is 3.31. The molecule has 1 atom stereocenters. The minimum atomic E-state index is -0.297. The van der Waals surface area contributed by atoms with Gasteiger partial charge in [0.15, 0.2) is 0 Å². The summed E-state index contributed by atoms with van der Waals surface area (Å²) in [4.78, 5) is 4.28. The predicted molar refractivity (Wildman–Crippen MR) is 125 cm³/mol. The molecule has 0 aliphatic heterocycles. The van der Waals surface area contributed by atoms with Crippen LogP contribution < -0.4 is 0 Å². The van der Waals surface area contributed by atoms with E-state index in [-0.39, 0.29) is 18.5 Å². The van der Waals surface area contributed by atoms with Crippen LogP contribution >= 0.6 is 12.4 Å². The van der Waals surface area contributed by atoms with Crippen molar-refractivity contribution in [1.82, 2.24) is 9.55 Å². The molecule has 5 heteroatoms. The van der Waals surface area contributed by atoms with Gasteiger partial charge >= 0.3 is 0 Å². The van der Waals surface area contributed by atoms with Gasteiger partial charge in [-0.1, -0.05) is 66.2 Å². The number of hydrogen-bond acceptors (Lipinski definition) is 3. The van der Waals surface area contributed by atoms with Gasteiger partial charge < -0.3 is 9.30 Å². The molecular formula is C26H24ClN3O. The summed E-state index contributed by atoms with van der Waals surface area (Å²) in [5.41, 5.74) is 6.81. The van der Waals surface area contributed by atoms with Crippen molar-refractivity contribution in [2.24, 2.45) is 7.05 Å². The Hall–Kier alpha value is -3.39. The highest BCUT2D eigenvalue weighted by Crippen LogP contribution is 2.32. The van der Waals surface area contributed by atoms with Crippen LogP contribution in [0.3, 0.4) is 0 Å². The van der Waals surface area contributed by atoms with E-state index in [4.69, 9.17) is 4.74 Å². The summed E-state index contributed by atoms with van der Waals surface area (Å²) in [6.45, 7) is 2.54. The molecule has 3 aromatic carbocycles. The summed E-state index contributed by atoms with van der Waals surface area (Å²) >= 11 is 0. The van der Waals surface area contributed by atoms with Gasteiger partial charge in [-0.25, -0.2) is 4.98 Å². The minimum absolute atomic E-state index is 0. The molecule has 31 heavy (non-hydrogen) atoms. The highest BCUT2D eigenvalue weighted by molar-refractivity contribution is 5.85. The Kier molecular flexibility index (Phi) is 7.25. The molecule has 1 heterocycles. The molecule has 0 saturated carbocycles. The van der Waals surface area contributed by atoms with Gasteiger partial charge in [-0.15, -0.1) is 12.4 Å². The number of rotatable bonds is 6. The number of ether oxygens (including phenoxy) is 1. The smallest absolute Gasteiger partial charge is 0.124 e. The number of halogens is 1. The summed E-state index contributed by atoms with van der Waals surface area (Å²) in [6, 6.07) is 26.6. The normalized spacial score (nSPS) is 11.4. The molecule has 0 bridgehead atoms. The van der Waals surface area contributed by atoms with Gasteiger partial charge in [0.2, 0.25) is 0 Å². The molecule has 156 valence electrons. The van der Waals surface area contributed by atoms with E-state index in [1.54, 1.807) is 6.33 Å². The first-order valence-corrected chi connectivity index (χ1v) is 9.88. The summed E-state index contributed by atoms with van der Waals surface area (Å²) in [5, 5.41) is 9.66. The van der Waals surface area contributed by atoms with Crippen LogP contribution in [0.25, 0.3) is 11.1 Å². The van der Waals surface area contributed by atoms with Gasteiger partial charge in [0.1, 0.15) is 6.10 Å². The molecule has 0 spiro atoms. The third kappa shape index (κ3) is 5.03. The predicted octanol–water partition coefficient (Wildman–Crippen LogP) is 6.00. The number of aryl methyl sites for hydroxylation is 2. The van der Waals surface area contributed by atoms with Crippen molar-refractivity contribution in [1.29, 1.82) is 5.26 Å². The molecule has 0 fully saturated rings. The molecule has 4 nitrogen and oxygen atoms in total. The molecule has 0 N–H and O–H groups in total. The van der Waals surface area contributed by atoms with E-state index in [9.17, 15) is 5.26 Å². The quantitative estimate of drug-likeness (QED) is 0.378. The van der Waals surface area contributed by atoms with Gasteiger partial charge in [-0.3, -0.25) is 0 Å². The van der Waals surface area contributed by atoms with Crippen molar-refractivity contribution in [3.63, 3.8) is 0 Å². The molecule has 0 saturated heterocycles. The van der Waals surface area contributed by atoms with Crippen molar-refractivity contribution in [3.05, 3.63) is 113 Å². The maximum absolute atomic E-state index is 9.66. The topological polar surface area (TPSA) is 50.8 Å². The fourth-order valence-electron chi connectivity index (χ4n) is 3.60. The fourth-order valence-corrected chi connectivity index (χ4v) is 3.60. The molecule has 1 unspecified atom stereocenters. The van der Waals surface area contributed by atoms with E-state index < -0.39 is 0 Å². The van der Waals surface area contributed by atoms with E-state index in [2.05, 4.69) is 48.3 Å². The zero-order valence-corrected chi connectivity index (χ0v) is 18.3. The first-order valence-electron chi connectivity index (χ1n) is 9.88. The largest absolute Gasteiger partial charge is 0.363 e. The molecule has 0 aliphatic carbocycles. The van der Waals surface area contributed by atoms with Gasteiger partial charge in [0.05, 0.1) is 36.5 Å². The number of nitrogens with zero attached hydrogens (tertiary/aromatic N) is 3. The van der Waals surface area contributed by atoms with E-state index in [1.165, 1.54) is 0 Å². The average molecular weight is 430 g/mol. The lowest BCUT2D eigenvalue weighted by molar-refractivity contribution is 0.0622. The van der Waals surface area contributed by atoms with Crippen LogP contribution in [0.15, 0.2) is 85.3 Å². The zero-order valence-electron chi connectivity index (χ0n) is 17.5. The summed E-state index contributed by atoms with van der Waals surface area (Å²) in [5.74, 6) is 0. The number of imidazole rings is 1. The SMILES string of the molecule is Cc1cccc(-c2cc(C(OCc3ccccc3)c3cncn3C)ccc2C#N)c1.Cl. The van der Waals surface area contributed by atoms with Gasteiger partial charge in [-0.2, -0.15) is 5.26 Å². The van der Waals surface area contributed by atoms with Crippen LogP contribution in [0.4, 0.5) is 0 Å². The number of nitriles is 1. The van der Waals surface area contributed by atoms with Crippen molar-refractivity contribution >= 4 is 12.4 Å². The fraction of sp³-hybridized carbons (Fsp3) is 0.154. The van der Waals surface area contributed by atoms with Gasteiger partial charge in [0, 0.05) is 7.05 Å². The number of benzene rings is 3. The maximum atomic E-state index is 9.66. The second-order valence-electron chi connectivity index (χ2n) is 7.39. The Morgan fingerprint density at radius 1 is 1.03 bits per heavy atom. The van der Waals surface area contributed by atoms with Crippen molar-refractivity contribution in [2.75, 3.05) is 0 Å². The zero-order chi connectivity index (χ0) is 20.9. The molecule has 4 rings (SSSR count). The molecule has 0 amide bonds. The highest BCUT2D eigenvalue weighted by atomic mass is 35.5. The summed E-state index contributed by atoms with van der Waals surface area (Å²) in [7, 11) is 1.96. The second kappa shape index (κ2) is 10.1. The van der Waals surface area contributed by atoms with Gasteiger partial charge in [0.25, 0.3) is 0 Å². The first kappa shape index (κ1) is 22.3. The van der Waals surface area contributed by atoms with Crippen molar-refractivity contribution in [3.8, 4) is 17.2 Å². The Morgan fingerprint density at radius 3 is 2.52 bits per heavy atom. The van der Waals surface area contributed by atoms with Crippen molar-refractivity contribution < 1.29 is 4.74 Å². The molecule has 0 aliphatic rings. The minimum Gasteiger partial charge on any atom is -0.363 e. The maximum Gasteiger partial charge on any atom is 0.124 e. The Labute approximate surface area is 189 Å². The van der Waals surface area contributed by atoms with E-state index in [0.717, 1.165) is 33.5 Å². The van der Waals surface area contributed by atoms with Crippen LogP contribution in [0.1, 0.15) is 34.1 Å². The first-order chi connectivity index (χ1) is 14.7. The Morgan fingerprint density at radius 2 is 1.84 bits per heavy atom. The van der Waals surface area contributed by atoms with Gasteiger partial charge in [-0.05, 0) is 41.3 Å². The molecule has 1 aromatic heterocycles. The Balaban J connectivity index is 0.00000272. The van der Waals surface area contributed by atoms with E-state index in [1.807, 2.05) is 60.3 Å². The van der Waals surface area contributed by atoms with E-state index in [0.29, 0.717) is 12.2 Å². The lowest BCUT2D eigenvalue weighted by Gasteiger charge is -2.20. The lowest BCUT2D eigenvalue weighted by atomic mass is 9.94. The molecule has 4 aromatic rings. The standard InChI is InChI=1S/C26H23N3O.ClH/c1-19-7-6-10-21(13-19)24-14-22(11-12-23(24)15-27)26(25-16-28-18-29(25)2)30-17-20-8-4-3-5-9-20;/h3-14,16,18,26H,17H2,1-2H3;1H. The van der Waals surface area contributed by atoms with Crippen LogP contribution in [0.5, 0.6) is 0 Å². The van der Waals surface area contributed by atoms with Crippen molar-refractivity contribution in [2.45, 2.75) is 19.6 Å². The van der Waals surface area contributed by atoms with E-state index >= 15 is 0 Å². The summed E-state index contributed by atoms with van der Waals surface area (Å²) < 4.78 is 8.36. The number of hydrogen-bond donors (Lipinski definition) is 0. The highest BCUT2D eigenvalue weighted by Gasteiger charge is 2.20. The third-order valence-corrected chi connectivity index (χ3v) is 5.18. The average Bonchev–Trinajstić information content (AvgIpc) is 3.20. The molecule has 0 radical (unpaired) electrons. The molecular weight excluding hydrogens is 406 g/mol. The van der Waals surface area contributed by atoms with Crippen LogP contribution in [0.2, 0.25) is 0 Å². The second-order valence-corrected chi connectivity index (χ2v) is 7.39. The number of aromatic nitrogens is 2. The monoisotopic (exact) mass is 429 g/mol. The van der Waals surface area contributed by atoms with Crippen LogP contribution in [-0.2, 0) is 18.4 Å². The lowest BCUT2D eigenvalue weighted by Crippen LogP contribution is -2.11. The third-order valence-electron chi connectivity index (χ3n) is 5.18. The Bertz CT molecular complexity index is 1190. The van der Waals surface area contributed by atoms with Crippen LogP contribution in [0, 0.1) is 18.3 Å².